The monoisotopic (exact) mass is 272 g/mol. The topological polar surface area (TPSA) is 15.3 Å². The molecule has 1 N–H and O–H groups in total. The normalized spacial score (nSPS) is 23.5. The van der Waals surface area contributed by atoms with Crippen LogP contribution in [0.1, 0.15) is 24.9 Å². The molecule has 1 aliphatic heterocycles. The minimum absolute atomic E-state index is 0.443. The third-order valence-corrected chi connectivity index (χ3v) is 4.58. The number of hydrogen-bond donors (Lipinski definition) is 1. The summed E-state index contributed by atoms with van der Waals surface area (Å²) in [5, 5.41) is 8.10. The average Bonchev–Trinajstić information content (AvgIpc) is 3.01. The smallest absolute Gasteiger partial charge is 0.0668 e. The van der Waals surface area contributed by atoms with E-state index in [1.807, 2.05) is 0 Å². The molecule has 1 aromatic carbocycles. The van der Waals surface area contributed by atoms with Gasteiger partial charge in [0, 0.05) is 30.2 Å². The maximum Gasteiger partial charge on any atom is 0.0668 e. The highest BCUT2D eigenvalue weighted by Gasteiger charge is 2.28. The summed E-state index contributed by atoms with van der Waals surface area (Å²) < 4.78 is 0. The molecule has 0 spiro atoms. The summed E-state index contributed by atoms with van der Waals surface area (Å²) in [6, 6.07) is 14.1. The number of nitrogens with one attached hydrogen (secondary N) is 1. The Bertz CT molecular complexity index is 495. The Kier molecular flexibility index (Phi) is 3.85. The molecule has 2 nitrogen and oxygen atoms in total. The SMILES string of the molecule is CCC1CN(c2ccsc2)C(c2ccccc2)CN1. The number of rotatable bonds is 3. The fourth-order valence-electron chi connectivity index (χ4n) is 2.77. The van der Waals surface area contributed by atoms with Gasteiger partial charge in [-0.15, -0.1) is 0 Å². The zero-order chi connectivity index (χ0) is 13.1. The zero-order valence-corrected chi connectivity index (χ0v) is 12.1. The molecule has 1 aliphatic rings. The van der Waals surface area contributed by atoms with Crippen molar-refractivity contribution in [3.8, 4) is 0 Å². The van der Waals surface area contributed by atoms with Gasteiger partial charge in [-0.1, -0.05) is 37.3 Å². The van der Waals surface area contributed by atoms with Crippen molar-refractivity contribution in [2.45, 2.75) is 25.4 Å². The van der Waals surface area contributed by atoms with Crippen molar-refractivity contribution in [1.29, 1.82) is 0 Å². The largest absolute Gasteiger partial charge is 0.361 e. The van der Waals surface area contributed by atoms with E-state index in [-0.39, 0.29) is 0 Å². The van der Waals surface area contributed by atoms with E-state index in [2.05, 4.69) is 64.3 Å². The Morgan fingerprint density at radius 3 is 2.79 bits per heavy atom. The van der Waals surface area contributed by atoms with Gasteiger partial charge in [0.2, 0.25) is 0 Å². The van der Waals surface area contributed by atoms with E-state index in [0.29, 0.717) is 12.1 Å². The molecule has 0 aliphatic carbocycles. The predicted molar refractivity (Wildman–Crippen MR) is 82.9 cm³/mol. The Morgan fingerprint density at radius 1 is 1.26 bits per heavy atom. The minimum Gasteiger partial charge on any atom is -0.361 e. The number of thiophene rings is 1. The first-order valence-electron chi connectivity index (χ1n) is 6.95. The molecule has 2 aromatic rings. The quantitative estimate of drug-likeness (QED) is 0.917. The van der Waals surface area contributed by atoms with E-state index < -0.39 is 0 Å². The molecule has 1 fully saturated rings. The van der Waals surface area contributed by atoms with Gasteiger partial charge in [0.1, 0.15) is 0 Å². The van der Waals surface area contributed by atoms with Gasteiger partial charge in [-0.3, -0.25) is 0 Å². The van der Waals surface area contributed by atoms with Gasteiger partial charge in [0.15, 0.2) is 0 Å². The summed E-state index contributed by atoms with van der Waals surface area (Å²) >= 11 is 1.78. The van der Waals surface area contributed by atoms with Crippen LogP contribution in [0.3, 0.4) is 0 Å². The van der Waals surface area contributed by atoms with Crippen molar-refractivity contribution in [2.24, 2.45) is 0 Å². The predicted octanol–water partition coefficient (Wildman–Crippen LogP) is 3.68. The Labute approximate surface area is 119 Å². The molecule has 1 aromatic heterocycles. The third kappa shape index (κ3) is 2.67. The number of hydrogen-bond acceptors (Lipinski definition) is 3. The lowest BCUT2D eigenvalue weighted by Gasteiger charge is -2.41. The lowest BCUT2D eigenvalue weighted by molar-refractivity contribution is 0.390. The summed E-state index contributed by atoms with van der Waals surface area (Å²) in [5.74, 6) is 0. The fourth-order valence-corrected chi connectivity index (χ4v) is 3.42. The Balaban J connectivity index is 1.89. The average molecular weight is 272 g/mol. The van der Waals surface area contributed by atoms with Gasteiger partial charge in [-0.25, -0.2) is 0 Å². The van der Waals surface area contributed by atoms with E-state index in [0.717, 1.165) is 13.1 Å². The van der Waals surface area contributed by atoms with Gasteiger partial charge >= 0.3 is 0 Å². The molecule has 0 radical (unpaired) electrons. The molecule has 3 heteroatoms. The number of benzene rings is 1. The first-order chi connectivity index (χ1) is 9.38. The van der Waals surface area contributed by atoms with Crippen LogP contribution in [0.25, 0.3) is 0 Å². The third-order valence-electron chi connectivity index (χ3n) is 3.91. The van der Waals surface area contributed by atoms with E-state index in [4.69, 9.17) is 0 Å². The van der Waals surface area contributed by atoms with Gasteiger partial charge < -0.3 is 10.2 Å². The molecule has 2 heterocycles. The molecule has 0 amide bonds. The van der Waals surface area contributed by atoms with Crippen molar-refractivity contribution in [1.82, 2.24) is 5.32 Å². The molecule has 0 saturated carbocycles. The first kappa shape index (κ1) is 12.7. The van der Waals surface area contributed by atoms with Crippen LogP contribution in [0.15, 0.2) is 47.2 Å². The van der Waals surface area contributed by atoms with Crippen LogP contribution in [0.2, 0.25) is 0 Å². The molecule has 19 heavy (non-hydrogen) atoms. The first-order valence-corrected chi connectivity index (χ1v) is 7.90. The maximum absolute atomic E-state index is 3.67. The number of nitrogens with zero attached hydrogens (tertiary/aromatic N) is 1. The van der Waals surface area contributed by atoms with Crippen molar-refractivity contribution in [3.05, 3.63) is 52.7 Å². The molecule has 0 bridgehead atoms. The molecular weight excluding hydrogens is 252 g/mol. The molecule has 2 atom stereocenters. The minimum atomic E-state index is 0.443. The van der Waals surface area contributed by atoms with E-state index in [9.17, 15) is 0 Å². The highest BCUT2D eigenvalue weighted by molar-refractivity contribution is 7.08. The Hall–Kier alpha value is -1.32. The van der Waals surface area contributed by atoms with Crippen molar-refractivity contribution >= 4 is 17.0 Å². The molecule has 1 saturated heterocycles. The zero-order valence-electron chi connectivity index (χ0n) is 11.3. The number of piperazine rings is 1. The van der Waals surface area contributed by atoms with Crippen molar-refractivity contribution in [2.75, 3.05) is 18.0 Å². The summed E-state index contributed by atoms with van der Waals surface area (Å²) in [4.78, 5) is 2.55. The van der Waals surface area contributed by atoms with Gasteiger partial charge in [0.05, 0.1) is 6.04 Å². The van der Waals surface area contributed by atoms with Crippen LogP contribution in [-0.4, -0.2) is 19.1 Å². The second kappa shape index (κ2) is 5.76. The fraction of sp³-hybridized carbons (Fsp3) is 0.375. The van der Waals surface area contributed by atoms with Crippen LogP contribution in [-0.2, 0) is 0 Å². The molecule has 2 unspecified atom stereocenters. The van der Waals surface area contributed by atoms with Crippen LogP contribution in [0.4, 0.5) is 5.69 Å². The van der Waals surface area contributed by atoms with E-state index in [1.165, 1.54) is 17.7 Å². The highest BCUT2D eigenvalue weighted by atomic mass is 32.1. The molecule has 3 rings (SSSR count). The summed E-state index contributed by atoms with van der Waals surface area (Å²) in [6.07, 6.45) is 1.18. The molecule has 100 valence electrons. The lowest BCUT2D eigenvalue weighted by atomic mass is 10.00. The second-order valence-electron chi connectivity index (χ2n) is 5.07. The van der Waals surface area contributed by atoms with Gasteiger partial charge in [0.25, 0.3) is 0 Å². The van der Waals surface area contributed by atoms with Crippen LogP contribution in [0, 0.1) is 0 Å². The second-order valence-corrected chi connectivity index (χ2v) is 5.85. The summed E-state index contributed by atoms with van der Waals surface area (Å²) in [6.45, 7) is 4.37. The van der Waals surface area contributed by atoms with E-state index in [1.54, 1.807) is 11.3 Å². The summed E-state index contributed by atoms with van der Waals surface area (Å²) in [7, 11) is 0. The van der Waals surface area contributed by atoms with Gasteiger partial charge in [-0.2, -0.15) is 11.3 Å². The van der Waals surface area contributed by atoms with Crippen LogP contribution in [0.5, 0.6) is 0 Å². The standard InChI is InChI=1S/C16H20N2S/c1-2-14-11-18(15-8-9-19-12-15)16(10-17-14)13-6-4-3-5-7-13/h3-9,12,14,16-17H,2,10-11H2,1H3. The lowest BCUT2D eigenvalue weighted by Crippen LogP contribution is -2.52. The van der Waals surface area contributed by atoms with E-state index >= 15 is 0 Å². The Morgan fingerprint density at radius 2 is 2.11 bits per heavy atom. The highest BCUT2D eigenvalue weighted by Crippen LogP contribution is 2.31. The molecular formula is C16H20N2S. The van der Waals surface area contributed by atoms with Crippen molar-refractivity contribution in [3.63, 3.8) is 0 Å². The van der Waals surface area contributed by atoms with Crippen molar-refractivity contribution < 1.29 is 0 Å². The van der Waals surface area contributed by atoms with Gasteiger partial charge in [-0.05, 0) is 23.4 Å². The number of anilines is 1. The van der Waals surface area contributed by atoms with Crippen LogP contribution < -0.4 is 10.2 Å². The van der Waals surface area contributed by atoms with Crippen LogP contribution >= 0.6 is 11.3 Å². The maximum atomic E-state index is 3.67. The summed E-state index contributed by atoms with van der Waals surface area (Å²) in [5.41, 5.74) is 2.76.